The molecule has 3 aromatic rings. The Hall–Kier alpha value is -1.91. The molecular formula is C19H19BrN2O. The van der Waals surface area contributed by atoms with Gasteiger partial charge in [-0.15, -0.1) is 0 Å². The van der Waals surface area contributed by atoms with E-state index in [1.54, 1.807) is 13.1 Å². The molecule has 118 valence electrons. The molecule has 0 radical (unpaired) electrons. The summed E-state index contributed by atoms with van der Waals surface area (Å²) in [6.45, 7) is 4.48. The monoisotopic (exact) mass is 370 g/mol. The first-order chi connectivity index (χ1) is 11.0. The molecule has 3 nitrogen and oxygen atoms in total. The van der Waals surface area contributed by atoms with Gasteiger partial charge in [0.1, 0.15) is 11.4 Å². The van der Waals surface area contributed by atoms with E-state index in [4.69, 9.17) is 0 Å². The van der Waals surface area contributed by atoms with Crippen molar-refractivity contribution < 1.29 is 5.11 Å². The first kappa shape index (κ1) is 16.0. The lowest BCUT2D eigenvalue weighted by atomic mass is 9.91. The van der Waals surface area contributed by atoms with E-state index in [1.165, 1.54) is 5.56 Å². The fourth-order valence-electron chi connectivity index (χ4n) is 2.90. The highest BCUT2D eigenvalue weighted by Crippen LogP contribution is 2.33. The lowest BCUT2D eigenvalue weighted by molar-refractivity contribution is 0.0877. The minimum atomic E-state index is -1.16. The zero-order chi connectivity index (χ0) is 16.4. The van der Waals surface area contributed by atoms with Gasteiger partial charge in [-0.25, -0.2) is 4.98 Å². The van der Waals surface area contributed by atoms with Crippen LogP contribution in [-0.2, 0) is 12.1 Å². The summed E-state index contributed by atoms with van der Waals surface area (Å²) in [6.07, 6.45) is 3.64. The van der Waals surface area contributed by atoms with Gasteiger partial charge in [-0.1, -0.05) is 58.4 Å². The topological polar surface area (TPSA) is 38.1 Å². The molecule has 4 heteroatoms. The summed E-state index contributed by atoms with van der Waals surface area (Å²) in [5, 5.41) is 11.2. The smallest absolute Gasteiger partial charge is 0.145 e. The van der Waals surface area contributed by atoms with Crippen LogP contribution >= 0.6 is 15.9 Å². The van der Waals surface area contributed by atoms with Gasteiger partial charge in [-0.2, -0.15) is 0 Å². The summed E-state index contributed by atoms with van der Waals surface area (Å²) in [5.74, 6) is 0.641. The quantitative estimate of drug-likeness (QED) is 0.744. The molecule has 0 spiro atoms. The minimum absolute atomic E-state index is 0.641. The van der Waals surface area contributed by atoms with Crippen LogP contribution in [0.4, 0.5) is 0 Å². The Balaban J connectivity index is 2.01. The Bertz CT molecular complexity index is 809. The molecule has 1 atom stereocenters. The van der Waals surface area contributed by atoms with Crippen molar-refractivity contribution in [3.05, 3.63) is 87.9 Å². The first-order valence-electron chi connectivity index (χ1n) is 7.53. The van der Waals surface area contributed by atoms with Crippen molar-refractivity contribution in [2.75, 3.05) is 0 Å². The van der Waals surface area contributed by atoms with Crippen LogP contribution in [0.2, 0.25) is 0 Å². The van der Waals surface area contributed by atoms with Crippen LogP contribution in [0.1, 0.15) is 29.4 Å². The summed E-state index contributed by atoms with van der Waals surface area (Å²) in [6, 6.07) is 16.0. The molecule has 0 saturated heterocycles. The summed E-state index contributed by atoms with van der Waals surface area (Å²) in [4.78, 5) is 4.43. The van der Waals surface area contributed by atoms with Crippen molar-refractivity contribution >= 4 is 15.9 Å². The average molecular weight is 371 g/mol. The Kier molecular flexibility index (Phi) is 4.37. The number of aliphatic hydroxyl groups is 1. The second-order valence-electron chi connectivity index (χ2n) is 5.85. The molecule has 0 saturated carbocycles. The lowest BCUT2D eigenvalue weighted by Crippen LogP contribution is -2.28. The van der Waals surface area contributed by atoms with Gasteiger partial charge in [0.05, 0.1) is 0 Å². The molecule has 0 aliphatic rings. The highest BCUT2D eigenvalue weighted by atomic mass is 79.9. The van der Waals surface area contributed by atoms with Gasteiger partial charge in [0, 0.05) is 23.4 Å². The molecule has 1 N–H and O–H groups in total. The second kappa shape index (κ2) is 6.30. The Labute approximate surface area is 144 Å². The van der Waals surface area contributed by atoms with Gasteiger partial charge < -0.3 is 9.67 Å². The zero-order valence-corrected chi connectivity index (χ0v) is 14.8. The van der Waals surface area contributed by atoms with Crippen LogP contribution in [0.3, 0.4) is 0 Å². The van der Waals surface area contributed by atoms with Crippen LogP contribution in [0, 0.1) is 6.92 Å². The Morgan fingerprint density at radius 2 is 1.87 bits per heavy atom. The van der Waals surface area contributed by atoms with E-state index < -0.39 is 5.60 Å². The molecule has 1 aromatic heterocycles. The summed E-state index contributed by atoms with van der Waals surface area (Å²) < 4.78 is 2.98. The number of nitrogens with zero attached hydrogens (tertiary/aromatic N) is 2. The Morgan fingerprint density at radius 1 is 1.13 bits per heavy atom. The Morgan fingerprint density at radius 3 is 2.61 bits per heavy atom. The van der Waals surface area contributed by atoms with E-state index in [2.05, 4.69) is 33.0 Å². The summed E-state index contributed by atoms with van der Waals surface area (Å²) in [7, 11) is 0. The number of halogens is 1. The maximum absolute atomic E-state index is 11.2. The van der Waals surface area contributed by atoms with Crippen LogP contribution in [0.5, 0.6) is 0 Å². The van der Waals surface area contributed by atoms with E-state index in [1.807, 2.05) is 54.1 Å². The maximum atomic E-state index is 11.2. The SMILES string of the molecule is Cc1c(Br)cccc1C(C)(O)c1nccn1Cc1ccccc1. The van der Waals surface area contributed by atoms with Crippen molar-refractivity contribution in [2.24, 2.45) is 0 Å². The first-order valence-corrected chi connectivity index (χ1v) is 8.33. The maximum Gasteiger partial charge on any atom is 0.145 e. The van der Waals surface area contributed by atoms with Gasteiger partial charge in [-0.05, 0) is 36.6 Å². The van der Waals surface area contributed by atoms with E-state index in [-0.39, 0.29) is 0 Å². The molecule has 2 aromatic carbocycles. The highest BCUT2D eigenvalue weighted by Gasteiger charge is 2.32. The van der Waals surface area contributed by atoms with Crippen molar-refractivity contribution in [3.8, 4) is 0 Å². The molecule has 3 rings (SSSR count). The molecule has 0 fully saturated rings. The normalized spacial score (nSPS) is 13.7. The largest absolute Gasteiger partial charge is 0.377 e. The molecule has 1 heterocycles. The summed E-state index contributed by atoms with van der Waals surface area (Å²) >= 11 is 3.54. The molecule has 0 aliphatic carbocycles. The third kappa shape index (κ3) is 3.09. The van der Waals surface area contributed by atoms with Gasteiger partial charge >= 0.3 is 0 Å². The van der Waals surface area contributed by atoms with Gasteiger partial charge in [0.2, 0.25) is 0 Å². The molecule has 0 aliphatic heterocycles. The molecular weight excluding hydrogens is 352 g/mol. The number of aromatic nitrogens is 2. The number of benzene rings is 2. The minimum Gasteiger partial charge on any atom is -0.377 e. The van der Waals surface area contributed by atoms with E-state index in [0.29, 0.717) is 12.4 Å². The van der Waals surface area contributed by atoms with Crippen molar-refractivity contribution in [3.63, 3.8) is 0 Å². The lowest BCUT2D eigenvalue weighted by Gasteiger charge is -2.26. The molecule has 0 amide bonds. The molecule has 0 bridgehead atoms. The number of hydrogen-bond acceptors (Lipinski definition) is 2. The van der Waals surface area contributed by atoms with E-state index in [9.17, 15) is 5.11 Å². The molecule has 1 unspecified atom stereocenters. The van der Waals surface area contributed by atoms with Crippen LogP contribution in [-0.4, -0.2) is 14.7 Å². The number of rotatable bonds is 4. The third-order valence-corrected chi connectivity index (χ3v) is 5.00. The van der Waals surface area contributed by atoms with Crippen molar-refractivity contribution in [1.29, 1.82) is 0 Å². The number of hydrogen-bond donors (Lipinski definition) is 1. The fraction of sp³-hybridized carbons (Fsp3) is 0.211. The zero-order valence-electron chi connectivity index (χ0n) is 13.2. The second-order valence-corrected chi connectivity index (χ2v) is 6.70. The standard InChI is InChI=1S/C19H19BrN2O/c1-14-16(9-6-10-17(14)20)19(2,23)18-21-11-12-22(18)13-15-7-4-3-5-8-15/h3-12,23H,13H2,1-2H3. The fourth-order valence-corrected chi connectivity index (χ4v) is 3.26. The van der Waals surface area contributed by atoms with Gasteiger partial charge in [-0.3, -0.25) is 0 Å². The number of imidazole rings is 1. The van der Waals surface area contributed by atoms with E-state index >= 15 is 0 Å². The van der Waals surface area contributed by atoms with Crippen molar-refractivity contribution in [1.82, 2.24) is 9.55 Å². The van der Waals surface area contributed by atoms with Gasteiger partial charge in [0.25, 0.3) is 0 Å². The summed E-state index contributed by atoms with van der Waals surface area (Å²) in [5.41, 5.74) is 1.89. The van der Waals surface area contributed by atoms with Gasteiger partial charge in [0.15, 0.2) is 0 Å². The molecule has 23 heavy (non-hydrogen) atoms. The predicted octanol–water partition coefficient (Wildman–Crippen LogP) is 4.26. The van der Waals surface area contributed by atoms with Crippen molar-refractivity contribution in [2.45, 2.75) is 26.0 Å². The highest BCUT2D eigenvalue weighted by molar-refractivity contribution is 9.10. The van der Waals surface area contributed by atoms with E-state index in [0.717, 1.165) is 15.6 Å². The predicted molar refractivity (Wildman–Crippen MR) is 95.3 cm³/mol. The van der Waals surface area contributed by atoms with Crippen LogP contribution in [0.15, 0.2) is 65.4 Å². The van der Waals surface area contributed by atoms with Crippen LogP contribution < -0.4 is 0 Å². The third-order valence-electron chi connectivity index (χ3n) is 4.14. The van der Waals surface area contributed by atoms with Crippen LogP contribution in [0.25, 0.3) is 0 Å². The average Bonchev–Trinajstić information content (AvgIpc) is 3.00.